The van der Waals surface area contributed by atoms with Gasteiger partial charge in [-0.05, 0) is 36.1 Å². The van der Waals surface area contributed by atoms with E-state index in [1.54, 1.807) is 30.2 Å². The third-order valence-electron chi connectivity index (χ3n) is 6.08. The molecule has 1 saturated heterocycles. The highest BCUT2D eigenvalue weighted by Gasteiger charge is 2.42. The highest BCUT2D eigenvalue weighted by molar-refractivity contribution is 5.94. The molecule has 2 aromatic rings. The molecule has 3 rings (SSSR count). The summed E-state index contributed by atoms with van der Waals surface area (Å²) in [7, 11) is 1.54. The second-order valence-corrected chi connectivity index (χ2v) is 8.36. The molecule has 2 unspecified atom stereocenters. The first-order chi connectivity index (χ1) is 16.3. The zero-order chi connectivity index (χ0) is 24.7. The van der Waals surface area contributed by atoms with E-state index in [4.69, 9.17) is 5.73 Å². The first kappa shape index (κ1) is 25.1. The predicted octanol–water partition coefficient (Wildman–Crippen LogP) is 1.67. The number of piperazine rings is 1. The zero-order valence-corrected chi connectivity index (χ0v) is 19.3. The number of hydrogen-bond donors (Lipinski definition) is 2. The van der Waals surface area contributed by atoms with Crippen molar-refractivity contribution in [1.82, 2.24) is 15.1 Å². The van der Waals surface area contributed by atoms with E-state index in [0.717, 1.165) is 11.1 Å². The highest BCUT2D eigenvalue weighted by Crippen LogP contribution is 2.21. The molecule has 0 aromatic heterocycles. The van der Waals surface area contributed by atoms with Crippen LogP contribution in [0.3, 0.4) is 0 Å². The SMILES string of the molecule is C=CC[C@H]1C(=O)N(C(Cc2ccccc2)C(=O)NC)CCN1C(=O)C(N)Cc1ccc(F)cc1. The quantitative estimate of drug-likeness (QED) is 0.550. The van der Waals surface area contributed by atoms with Crippen molar-refractivity contribution < 1.29 is 18.8 Å². The molecule has 7 nitrogen and oxygen atoms in total. The summed E-state index contributed by atoms with van der Waals surface area (Å²) in [5.41, 5.74) is 7.85. The molecule has 3 amide bonds. The van der Waals surface area contributed by atoms with E-state index in [-0.39, 0.29) is 49.5 Å². The maximum absolute atomic E-state index is 13.5. The molecule has 3 atom stereocenters. The molecule has 0 bridgehead atoms. The van der Waals surface area contributed by atoms with Crippen molar-refractivity contribution in [2.45, 2.75) is 37.4 Å². The molecule has 34 heavy (non-hydrogen) atoms. The number of carbonyl (C=O) groups is 3. The van der Waals surface area contributed by atoms with E-state index >= 15 is 0 Å². The van der Waals surface area contributed by atoms with E-state index in [9.17, 15) is 18.8 Å². The molecule has 180 valence electrons. The lowest BCUT2D eigenvalue weighted by molar-refractivity contribution is -0.156. The Morgan fingerprint density at radius 3 is 2.38 bits per heavy atom. The highest BCUT2D eigenvalue weighted by atomic mass is 19.1. The number of nitrogens with two attached hydrogens (primary N) is 1. The summed E-state index contributed by atoms with van der Waals surface area (Å²) >= 11 is 0. The number of amides is 3. The number of nitrogens with one attached hydrogen (secondary N) is 1. The average Bonchev–Trinajstić information content (AvgIpc) is 2.85. The Kier molecular flexibility index (Phi) is 8.54. The Bertz CT molecular complexity index is 1010. The average molecular weight is 467 g/mol. The van der Waals surface area contributed by atoms with Crippen LogP contribution in [0.15, 0.2) is 67.3 Å². The molecular formula is C26H31FN4O3. The van der Waals surface area contributed by atoms with Crippen molar-refractivity contribution in [3.05, 3.63) is 84.2 Å². The Balaban J connectivity index is 1.78. The van der Waals surface area contributed by atoms with Crippen molar-refractivity contribution in [1.29, 1.82) is 0 Å². The van der Waals surface area contributed by atoms with Crippen molar-refractivity contribution >= 4 is 17.7 Å². The van der Waals surface area contributed by atoms with Gasteiger partial charge in [0.2, 0.25) is 17.7 Å². The summed E-state index contributed by atoms with van der Waals surface area (Å²) in [6, 6.07) is 12.9. The molecule has 1 heterocycles. The van der Waals surface area contributed by atoms with Crippen molar-refractivity contribution in [2.24, 2.45) is 5.73 Å². The second-order valence-electron chi connectivity index (χ2n) is 8.36. The monoisotopic (exact) mass is 466 g/mol. The number of hydrogen-bond acceptors (Lipinski definition) is 4. The Morgan fingerprint density at radius 1 is 1.12 bits per heavy atom. The molecule has 0 saturated carbocycles. The second kappa shape index (κ2) is 11.6. The Labute approximate surface area is 199 Å². The molecule has 2 aromatic carbocycles. The molecule has 0 spiro atoms. The van der Waals surface area contributed by atoms with E-state index < -0.39 is 18.1 Å². The fraction of sp³-hybridized carbons (Fsp3) is 0.346. The Hall–Kier alpha value is -3.52. The van der Waals surface area contributed by atoms with Crippen molar-refractivity contribution in [3.63, 3.8) is 0 Å². The van der Waals surface area contributed by atoms with Crippen LogP contribution in [0.2, 0.25) is 0 Å². The lowest BCUT2D eigenvalue weighted by Crippen LogP contribution is -2.65. The van der Waals surface area contributed by atoms with Crippen LogP contribution in [0.4, 0.5) is 4.39 Å². The van der Waals surface area contributed by atoms with Gasteiger partial charge in [0.25, 0.3) is 0 Å². The summed E-state index contributed by atoms with van der Waals surface area (Å²) < 4.78 is 13.2. The van der Waals surface area contributed by atoms with Gasteiger partial charge in [-0.2, -0.15) is 0 Å². The third-order valence-corrected chi connectivity index (χ3v) is 6.08. The maximum atomic E-state index is 13.5. The molecule has 8 heteroatoms. The largest absolute Gasteiger partial charge is 0.357 e. The number of rotatable bonds is 9. The number of halogens is 1. The van der Waals surface area contributed by atoms with Crippen LogP contribution in [-0.4, -0.2) is 65.8 Å². The lowest BCUT2D eigenvalue weighted by atomic mass is 9.98. The van der Waals surface area contributed by atoms with Gasteiger partial charge in [-0.15, -0.1) is 6.58 Å². The van der Waals surface area contributed by atoms with Gasteiger partial charge in [0.1, 0.15) is 17.9 Å². The van der Waals surface area contributed by atoms with Gasteiger partial charge in [0.05, 0.1) is 6.04 Å². The van der Waals surface area contributed by atoms with E-state index in [1.807, 2.05) is 30.3 Å². The number of benzene rings is 2. The van der Waals surface area contributed by atoms with Crippen molar-refractivity contribution in [3.8, 4) is 0 Å². The van der Waals surface area contributed by atoms with Crippen LogP contribution in [0, 0.1) is 5.82 Å². The fourth-order valence-electron chi connectivity index (χ4n) is 4.29. The van der Waals surface area contributed by atoms with Gasteiger partial charge in [-0.25, -0.2) is 4.39 Å². The Morgan fingerprint density at radius 2 is 1.76 bits per heavy atom. The number of nitrogens with zero attached hydrogens (tertiary/aromatic N) is 2. The van der Waals surface area contributed by atoms with Crippen LogP contribution in [-0.2, 0) is 27.2 Å². The standard InChI is InChI=1S/C26H31FN4O3/c1-3-7-22-26(34)31(23(24(32)29-2)17-18-8-5-4-6-9-18)15-14-30(22)25(33)21(28)16-19-10-12-20(27)13-11-19/h3-6,8-13,21-23H,1,7,14-17,28H2,2H3,(H,29,32)/t21?,22-,23?/m0/s1. The first-order valence-electron chi connectivity index (χ1n) is 11.3. The first-order valence-corrected chi connectivity index (χ1v) is 11.3. The minimum Gasteiger partial charge on any atom is -0.357 e. The summed E-state index contributed by atoms with van der Waals surface area (Å²) in [5.74, 6) is -1.29. The predicted molar refractivity (Wildman–Crippen MR) is 128 cm³/mol. The van der Waals surface area contributed by atoms with Gasteiger partial charge in [-0.3, -0.25) is 14.4 Å². The third kappa shape index (κ3) is 5.88. The van der Waals surface area contributed by atoms with Crippen LogP contribution in [0.5, 0.6) is 0 Å². The van der Waals surface area contributed by atoms with Gasteiger partial charge in [0, 0.05) is 26.6 Å². The summed E-state index contributed by atoms with van der Waals surface area (Å²) in [5, 5.41) is 2.65. The summed E-state index contributed by atoms with van der Waals surface area (Å²) in [6.07, 6.45) is 2.42. The number of carbonyl (C=O) groups excluding carboxylic acids is 3. The van der Waals surface area contributed by atoms with E-state index in [0.29, 0.717) is 6.42 Å². The van der Waals surface area contributed by atoms with Crippen LogP contribution < -0.4 is 11.1 Å². The van der Waals surface area contributed by atoms with Gasteiger partial charge in [0.15, 0.2) is 0 Å². The number of likely N-dealkylation sites (N-methyl/N-ethyl adjacent to an activating group) is 1. The minimum atomic E-state index is -0.879. The molecule has 0 radical (unpaired) electrons. The smallest absolute Gasteiger partial charge is 0.246 e. The van der Waals surface area contributed by atoms with Crippen LogP contribution in [0.25, 0.3) is 0 Å². The lowest BCUT2D eigenvalue weighted by Gasteiger charge is -2.43. The molecular weight excluding hydrogens is 435 g/mol. The summed E-state index contributed by atoms with van der Waals surface area (Å²) in [6.45, 7) is 4.21. The van der Waals surface area contributed by atoms with E-state index in [2.05, 4.69) is 11.9 Å². The zero-order valence-electron chi connectivity index (χ0n) is 19.3. The van der Waals surface area contributed by atoms with Gasteiger partial charge < -0.3 is 20.9 Å². The summed E-state index contributed by atoms with van der Waals surface area (Å²) in [4.78, 5) is 42.5. The normalized spacial score (nSPS) is 17.7. The maximum Gasteiger partial charge on any atom is 0.246 e. The van der Waals surface area contributed by atoms with Gasteiger partial charge >= 0.3 is 0 Å². The van der Waals surface area contributed by atoms with Gasteiger partial charge in [-0.1, -0.05) is 48.5 Å². The van der Waals surface area contributed by atoms with Crippen LogP contribution >= 0.6 is 0 Å². The van der Waals surface area contributed by atoms with E-state index in [1.165, 1.54) is 17.0 Å². The molecule has 3 N–H and O–H groups in total. The molecule has 1 aliphatic rings. The topological polar surface area (TPSA) is 95.7 Å². The van der Waals surface area contributed by atoms with Crippen molar-refractivity contribution in [2.75, 3.05) is 20.1 Å². The minimum absolute atomic E-state index is 0.215. The molecule has 0 aliphatic carbocycles. The fourth-order valence-corrected chi connectivity index (χ4v) is 4.29. The molecule has 1 aliphatic heterocycles. The molecule has 1 fully saturated rings. The van der Waals surface area contributed by atoms with Crippen LogP contribution in [0.1, 0.15) is 17.5 Å².